The van der Waals surface area contributed by atoms with E-state index < -0.39 is 6.17 Å². The highest BCUT2D eigenvalue weighted by atomic mass is 16.2. The fourth-order valence-electron chi connectivity index (χ4n) is 4.41. The molecule has 6 nitrogen and oxygen atoms in total. The zero-order valence-corrected chi connectivity index (χ0v) is 21.2. The number of urea groups is 1. The molecule has 6 heteroatoms. The molecule has 3 amide bonds. The van der Waals surface area contributed by atoms with E-state index in [1.54, 1.807) is 0 Å². The second kappa shape index (κ2) is 11.1. The van der Waals surface area contributed by atoms with Gasteiger partial charge in [0, 0.05) is 23.0 Å². The summed E-state index contributed by atoms with van der Waals surface area (Å²) in [5.74, 6) is 0.187. The van der Waals surface area contributed by atoms with Crippen molar-refractivity contribution in [1.29, 1.82) is 0 Å². The minimum Gasteiger partial charge on any atom is -0.353 e. The third-order valence-electron chi connectivity index (χ3n) is 6.25. The molecule has 4 aromatic rings. The van der Waals surface area contributed by atoms with Gasteiger partial charge in [0.2, 0.25) is 0 Å². The fraction of sp³-hybridized carbons (Fsp3) is 0.267. The molecule has 1 heterocycles. The topological polar surface area (TPSA) is 86.0 Å². The van der Waals surface area contributed by atoms with Crippen LogP contribution in [-0.4, -0.2) is 23.1 Å². The molecule has 4 rings (SSSR count). The lowest BCUT2D eigenvalue weighted by molar-refractivity contribution is 0.0934. The zero-order valence-electron chi connectivity index (χ0n) is 21.2. The Morgan fingerprint density at radius 1 is 0.806 bits per heavy atom. The van der Waals surface area contributed by atoms with Gasteiger partial charge in [0.1, 0.15) is 6.17 Å². The summed E-state index contributed by atoms with van der Waals surface area (Å²) in [6.45, 7) is 8.44. The van der Waals surface area contributed by atoms with Gasteiger partial charge in [0.25, 0.3) is 5.91 Å². The molecule has 0 saturated carbocycles. The number of rotatable bonds is 8. The summed E-state index contributed by atoms with van der Waals surface area (Å²) in [4.78, 5) is 29.5. The highest BCUT2D eigenvalue weighted by Gasteiger charge is 2.21. The van der Waals surface area contributed by atoms with E-state index in [0.717, 1.165) is 33.3 Å². The van der Waals surface area contributed by atoms with Crippen molar-refractivity contribution in [3.8, 4) is 0 Å². The van der Waals surface area contributed by atoms with E-state index in [4.69, 9.17) is 0 Å². The van der Waals surface area contributed by atoms with Crippen LogP contribution in [0.2, 0.25) is 0 Å². The quantitative estimate of drug-likeness (QED) is 0.222. The minimum absolute atomic E-state index is 0.247. The molecule has 1 aromatic heterocycles. The maximum absolute atomic E-state index is 13.3. The van der Waals surface area contributed by atoms with Crippen LogP contribution in [0.3, 0.4) is 0 Å². The molecule has 0 saturated heterocycles. The molecular formula is C30H33N4O2. The lowest BCUT2D eigenvalue weighted by Crippen LogP contribution is -2.50. The van der Waals surface area contributed by atoms with Crippen LogP contribution in [0.5, 0.6) is 0 Å². The fourth-order valence-corrected chi connectivity index (χ4v) is 4.41. The summed E-state index contributed by atoms with van der Waals surface area (Å²) in [6.07, 6.45) is 2.76. The van der Waals surface area contributed by atoms with Gasteiger partial charge >= 0.3 is 6.03 Å². The summed E-state index contributed by atoms with van der Waals surface area (Å²) >= 11 is 0. The first-order valence-electron chi connectivity index (χ1n) is 12.4. The van der Waals surface area contributed by atoms with E-state index in [0.29, 0.717) is 12.0 Å². The van der Waals surface area contributed by atoms with Gasteiger partial charge in [-0.05, 0) is 34.6 Å². The first-order chi connectivity index (χ1) is 17.3. The number of H-pyrrole nitrogens is 1. The van der Waals surface area contributed by atoms with Crippen molar-refractivity contribution in [2.75, 3.05) is 5.32 Å². The Hall–Kier alpha value is -4.06. The number of carbonyl (C=O) groups excluding carboxylic acids is 2. The second-order valence-electron chi connectivity index (χ2n) is 9.61. The second-order valence-corrected chi connectivity index (χ2v) is 9.61. The van der Waals surface area contributed by atoms with Gasteiger partial charge in [0.05, 0.1) is 11.8 Å². The van der Waals surface area contributed by atoms with Crippen LogP contribution in [-0.2, 0) is 6.42 Å². The Morgan fingerprint density at radius 2 is 1.44 bits per heavy atom. The SMILES string of the molecule is CC(C)c1cccc(C(C)C)c1NC(=O)NC(Cc1ccccc1)NC(=O)c1[c][nH]c2ccccc12. The van der Waals surface area contributed by atoms with Gasteiger partial charge in [-0.25, -0.2) is 4.79 Å². The maximum atomic E-state index is 13.3. The molecule has 185 valence electrons. The molecule has 0 aliphatic rings. The number of benzene rings is 3. The molecule has 0 spiro atoms. The van der Waals surface area contributed by atoms with Gasteiger partial charge in [0.15, 0.2) is 0 Å². The van der Waals surface area contributed by atoms with Crippen LogP contribution in [0, 0.1) is 6.20 Å². The molecule has 3 aromatic carbocycles. The standard InChI is InChI=1S/C30H33N4O2/c1-19(2)22-14-10-15-23(20(3)4)28(22)34-30(36)33-27(17-21-11-6-5-7-12-21)32-29(35)25-18-31-26-16-9-8-13-24(25)26/h5-16,19-20,27,31H,17H2,1-4H3,(H,32,35)(H2,33,34,36). The Morgan fingerprint density at radius 3 is 2.11 bits per heavy atom. The Labute approximate surface area is 212 Å². The van der Waals surface area contributed by atoms with E-state index in [1.165, 1.54) is 0 Å². The zero-order chi connectivity index (χ0) is 25.7. The summed E-state index contributed by atoms with van der Waals surface area (Å²) < 4.78 is 0. The highest BCUT2D eigenvalue weighted by molar-refractivity contribution is 6.06. The van der Waals surface area contributed by atoms with Gasteiger partial charge in [-0.3, -0.25) is 4.79 Å². The summed E-state index contributed by atoms with van der Waals surface area (Å²) in [5.41, 5.74) is 5.23. The Balaban J connectivity index is 1.57. The van der Waals surface area contributed by atoms with Crippen molar-refractivity contribution in [1.82, 2.24) is 15.6 Å². The van der Waals surface area contributed by atoms with Gasteiger partial charge < -0.3 is 20.9 Å². The Bertz CT molecular complexity index is 1320. The molecule has 4 N–H and O–H groups in total. The van der Waals surface area contributed by atoms with E-state index in [-0.39, 0.29) is 23.8 Å². The smallest absolute Gasteiger partial charge is 0.320 e. The van der Waals surface area contributed by atoms with E-state index >= 15 is 0 Å². The lowest BCUT2D eigenvalue weighted by Gasteiger charge is -2.24. The number of hydrogen-bond acceptors (Lipinski definition) is 2. The van der Waals surface area contributed by atoms with Crippen LogP contribution >= 0.6 is 0 Å². The average Bonchev–Trinajstić information content (AvgIpc) is 3.29. The summed E-state index contributed by atoms with van der Waals surface area (Å²) in [6, 6.07) is 23.1. The number of aromatic amines is 1. The molecule has 1 radical (unpaired) electrons. The van der Waals surface area contributed by atoms with Gasteiger partial charge in [-0.2, -0.15) is 0 Å². The highest BCUT2D eigenvalue weighted by Crippen LogP contribution is 2.32. The van der Waals surface area contributed by atoms with E-state index in [1.807, 2.05) is 72.8 Å². The van der Waals surface area contributed by atoms with Gasteiger partial charge in [-0.15, -0.1) is 0 Å². The maximum Gasteiger partial charge on any atom is 0.320 e. The molecule has 0 aliphatic carbocycles. The van der Waals surface area contributed by atoms with E-state index in [9.17, 15) is 9.59 Å². The predicted octanol–water partition coefficient (Wildman–Crippen LogP) is 6.34. The molecular weight excluding hydrogens is 448 g/mol. The Kier molecular flexibility index (Phi) is 7.74. The largest absolute Gasteiger partial charge is 0.353 e. The van der Waals surface area contributed by atoms with Crippen LogP contribution in [0.15, 0.2) is 72.8 Å². The van der Waals surface area contributed by atoms with Crippen LogP contribution in [0.25, 0.3) is 10.9 Å². The van der Waals surface area contributed by atoms with Crippen molar-refractivity contribution in [2.45, 2.75) is 52.1 Å². The van der Waals surface area contributed by atoms with Crippen molar-refractivity contribution in [3.63, 3.8) is 0 Å². The molecule has 0 fully saturated rings. The molecule has 0 aliphatic heterocycles. The number of para-hydroxylation sites is 2. The monoisotopic (exact) mass is 481 g/mol. The van der Waals surface area contributed by atoms with E-state index in [2.05, 4.69) is 54.8 Å². The van der Waals surface area contributed by atoms with Crippen molar-refractivity contribution >= 4 is 28.5 Å². The molecule has 0 bridgehead atoms. The first kappa shape index (κ1) is 25.0. The van der Waals surface area contributed by atoms with Crippen LogP contribution in [0.4, 0.5) is 10.5 Å². The number of hydrogen-bond donors (Lipinski definition) is 4. The van der Waals surface area contributed by atoms with Crippen molar-refractivity contribution in [2.24, 2.45) is 0 Å². The average molecular weight is 482 g/mol. The predicted molar refractivity (Wildman–Crippen MR) is 145 cm³/mol. The number of amides is 3. The first-order valence-corrected chi connectivity index (χ1v) is 12.4. The number of fused-ring (bicyclic) bond motifs is 1. The van der Waals surface area contributed by atoms with Gasteiger partial charge in [-0.1, -0.05) is 94.4 Å². The third kappa shape index (κ3) is 5.77. The van der Waals surface area contributed by atoms with Crippen LogP contribution in [0.1, 0.15) is 66.6 Å². The normalized spacial score (nSPS) is 12.1. The number of anilines is 1. The summed E-state index contributed by atoms with van der Waals surface area (Å²) in [5, 5.41) is 9.83. The van der Waals surface area contributed by atoms with Crippen molar-refractivity contribution < 1.29 is 9.59 Å². The third-order valence-corrected chi connectivity index (χ3v) is 6.25. The van der Waals surface area contributed by atoms with Crippen LogP contribution < -0.4 is 16.0 Å². The number of aromatic nitrogens is 1. The minimum atomic E-state index is -0.629. The van der Waals surface area contributed by atoms with Crippen molar-refractivity contribution in [3.05, 3.63) is 101 Å². The molecule has 1 unspecified atom stereocenters. The molecule has 1 atom stereocenters. The number of nitrogens with one attached hydrogen (secondary N) is 4. The lowest BCUT2D eigenvalue weighted by atomic mass is 9.93. The molecule has 36 heavy (non-hydrogen) atoms. The number of carbonyl (C=O) groups is 2. The summed E-state index contributed by atoms with van der Waals surface area (Å²) in [7, 11) is 0.